The van der Waals surface area contributed by atoms with Gasteiger partial charge in [0.25, 0.3) is 0 Å². The number of carbonyl (C=O) groups excluding carboxylic acids is 1. The van der Waals surface area contributed by atoms with Crippen molar-refractivity contribution >= 4 is 15.8 Å². The van der Waals surface area contributed by atoms with E-state index in [0.29, 0.717) is 12.0 Å². The van der Waals surface area contributed by atoms with E-state index in [9.17, 15) is 13.2 Å². The molecule has 21 heavy (non-hydrogen) atoms. The van der Waals surface area contributed by atoms with Gasteiger partial charge in [-0.25, -0.2) is 13.2 Å². The third kappa shape index (κ3) is 4.08. The molecule has 0 unspecified atom stereocenters. The first-order valence-corrected chi connectivity index (χ1v) is 8.66. The lowest BCUT2D eigenvalue weighted by molar-refractivity contribution is 0.0600. The molecule has 114 valence electrons. The van der Waals surface area contributed by atoms with Gasteiger partial charge in [0.15, 0.2) is 9.84 Å². The molecule has 4 nitrogen and oxygen atoms in total. The van der Waals surface area contributed by atoms with Crippen molar-refractivity contribution in [3.8, 4) is 12.3 Å². The van der Waals surface area contributed by atoms with Crippen molar-refractivity contribution in [2.45, 2.75) is 37.5 Å². The third-order valence-electron chi connectivity index (χ3n) is 3.21. The van der Waals surface area contributed by atoms with Gasteiger partial charge in [0, 0.05) is 6.26 Å². The summed E-state index contributed by atoms with van der Waals surface area (Å²) >= 11 is 0. The van der Waals surface area contributed by atoms with E-state index in [2.05, 4.69) is 17.6 Å². The van der Waals surface area contributed by atoms with Crippen LogP contribution in [-0.4, -0.2) is 27.8 Å². The summed E-state index contributed by atoms with van der Waals surface area (Å²) in [6.07, 6.45) is 10.1. The molecule has 0 radical (unpaired) electrons. The Hall–Kier alpha value is -1.80. The smallest absolute Gasteiger partial charge is 0.339 e. The Bertz CT molecular complexity index is 666. The number of unbranched alkanes of at least 4 members (excludes halogenated alkanes) is 2. The molecule has 0 aromatic heterocycles. The van der Waals surface area contributed by atoms with Crippen LogP contribution < -0.4 is 0 Å². The minimum Gasteiger partial charge on any atom is -0.465 e. The molecule has 0 aliphatic heterocycles. The van der Waals surface area contributed by atoms with Crippen LogP contribution >= 0.6 is 0 Å². The molecule has 5 heteroatoms. The van der Waals surface area contributed by atoms with E-state index in [1.807, 2.05) is 0 Å². The highest BCUT2D eigenvalue weighted by Crippen LogP contribution is 2.26. The van der Waals surface area contributed by atoms with Crippen LogP contribution in [0.4, 0.5) is 0 Å². The maximum Gasteiger partial charge on any atom is 0.339 e. The summed E-state index contributed by atoms with van der Waals surface area (Å²) in [5, 5.41) is 0. The maximum absolute atomic E-state index is 12.1. The second kappa shape index (κ2) is 7.28. The number of ether oxygens (including phenoxy) is 1. The summed E-state index contributed by atoms with van der Waals surface area (Å²) in [4.78, 5) is 11.8. The van der Waals surface area contributed by atoms with Crippen molar-refractivity contribution in [3.05, 3.63) is 28.8 Å². The average Bonchev–Trinajstić information content (AvgIpc) is 2.44. The van der Waals surface area contributed by atoms with E-state index in [4.69, 9.17) is 6.42 Å². The molecule has 0 fully saturated rings. The lowest BCUT2D eigenvalue weighted by Crippen LogP contribution is -2.12. The molecule has 0 bridgehead atoms. The van der Waals surface area contributed by atoms with E-state index >= 15 is 0 Å². The second-order valence-electron chi connectivity index (χ2n) is 4.84. The van der Waals surface area contributed by atoms with Gasteiger partial charge in [-0.15, -0.1) is 6.42 Å². The molecule has 0 amide bonds. The van der Waals surface area contributed by atoms with Gasteiger partial charge < -0.3 is 4.74 Å². The van der Waals surface area contributed by atoms with Crippen LogP contribution in [0.2, 0.25) is 0 Å². The number of methoxy groups -OCH3 is 1. The first-order chi connectivity index (χ1) is 9.86. The molecule has 1 aromatic rings. The van der Waals surface area contributed by atoms with Crippen LogP contribution in [0.3, 0.4) is 0 Å². The maximum atomic E-state index is 12.1. The summed E-state index contributed by atoms with van der Waals surface area (Å²) in [6, 6.07) is 3.19. The highest BCUT2D eigenvalue weighted by atomic mass is 32.2. The fraction of sp³-hybridized carbons (Fsp3) is 0.438. The highest BCUT2D eigenvalue weighted by Gasteiger charge is 2.23. The Morgan fingerprint density at radius 1 is 1.33 bits per heavy atom. The second-order valence-corrected chi connectivity index (χ2v) is 6.79. The van der Waals surface area contributed by atoms with Gasteiger partial charge in [0.1, 0.15) is 0 Å². The molecule has 0 saturated carbocycles. The Morgan fingerprint density at radius 3 is 2.48 bits per heavy atom. The van der Waals surface area contributed by atoms with Crippen molar-refractivity contribution in [3.63, 3.8) is 0 Å². The highest BCUT2D eigenvalue weighted by molar-refractivity contribution is 7.90. The van der Waals surface area contributed by atoms with Crippen LogP contribution in [0.15, 0.2) is 17.0 Å². The van der Waals surface area contributed by atoms with Gasteiger partial charge in [-0.3, -0.25) is 0 Å². The number of terminal acetylenes is 1. The van der Waals surface area contributed by atoms with Crippen molar-refractivity contribution in [2.24, 2.45) is 0 Å². The van der Waals surface area contributed by atoms with Gasteiger partial charge in [0.2, 0.25) is 0 Å². The van der Waals surface area contributed by atoms with Crippen molar-refractivity contribution in [1.29, 1.82) is 0 Å². The molecular formula is C16H20O4S. The fourth-order valence-corrected chi connectivity index (χ4v) is 3.42. The normalized spacial score (nSPS) is 11.0. The minimum atomic E-state index is -3.53. The molecule has 0 N–H and O–H groups in total. The Kier molecular flexibility index (Phi) is 5.98. The molecular weight excluding hydrogens is 288 g/mol. The number of esters is 1. The number of benzene rings is 1. The number of hydrogen-bond acceptors (Lipinski definition) is 4. The van der Waals surface area contributed by atoms with Gasteiger partial charge in [-0.2, -0.15) is 0 Å². The van der Waals surface area contributed by atoms with E-state index < -0.39 is 15.8 Å². The molecule has 0 spiro atoms. The average molecular weight is 308 g/mol. The number of rotatable bonds is 6. The van der Waals surface area contributed by atoms with Crippen molar-refractivity contribution < 1.29 is 17.9 Å². The van der Waals surface area contributed by atoms with Crippen molar-refractivity contribution in [2.75, 3.05) is 13.4 Å². The van der Waals surface area contributed by atoms with E-state index in [1.54, 1.807) is 6.07 Å². The number of sulfone groups is 1. The fourth-order valence-electron chi connectivity index (χ4n) is 2.24. The van der Waals surface area contributed by atoms with E-state index in [1.165, 1.54) is 13.2 Å². The summed E-state index contributed by atoms with van der Waals surface area (Å²) in [7, 11) is -2.29. The van der Waals surface area contributed by atoms with Gasteiger partial charge in [-0.1, -0.05) is 31.8 Å². The monoisotopic (exact) mass is 308 g/mol. The predicted molar refractivity (Wildman–Crippen MR) is 82.1 cm³/mol. The summed E-state index contributed by atoms with van der Waals surface area (Å²) in [5.41, 5.74) is 0.865. The van der Waals surface area contributed by atoms with Crippen LogP contribution in [0.5, 0.6) is 0 Å². The van der Waals surface area contributed by atoms with E-state index in [-0.39, 0.29) is 16.0 Å². The van der Waals surface area contributed by atoms with Crippen LogP contribution in [0.1, 0.15) is 47.7 Å². The standard InChI is InChI=1S/C16H20O4S/c1-5-7-8-9-12-10-11-14(16(17)20-3)13(6-2)15(12)21(4,18)19/h2,10-11H,5,7-9H2,1,3-4H3. The van der Waals surface area contributed by atoms with Gasteiger partial charge in [-0.05, 0) is 24.5 Å². The zero-order chi connectivity index (χ0) is 16.0. The molecule has 0 heterocycles. The summed E-state index contributed by atoms with van der Waals surface area (Å²) < 4.78 is 28.8. The van der Waals surface area contributed by atoms with Crippen LogP contribution in [0, 0.1) is 12.3 Å². The molecule has 0 aliphatic carbocycles. The third-order valence-corrected chi connectivity index (χ3v) is 4.42. The molecule has 0 saturated heterocycles. The van der Waals surface area contributed by atoms with Crippen LogP contribution in [-0.2, 0) is 21.0 Å². The minimum absolute atomic E-state index is 0.0732. The lowest BCUT2D eigenvalue weighted by Gasteiger charge is -2.13. The Morgan fingerprint density at radius 2 is 2.00 bits per heavy atom. The number of aryl methyl sites for hydroxylation is 1. The lowest BCUT2D eigenvalue weighted by atomic mass is 10.00. The molecule has 0 atom stereocenters. The Labute approximate surface area is 126 Å². The zero-order valence-electron chi connectivity index (χ0n) is 12.6. The first kappa shape index (κ1) is 17.3. The number of hydrogen-bond donors (Lipinski definition) is 0. The van der Waals surface area contributed by atoms with E-state index in [0.717, 1.165) is 25.5 Å². The first-order valence-electron chi connectivity index (χ1n) is 6.77. The molecule has 1 rings (SSSR count). The van der Waals surface area contributed by atoms with Crippen molar-refractivity contribution in [1.82, 2.24) is 0 Å². The summed E-state index contributed by atoms with van der Waals surface area (Å²) in [5.74, 6) is 1.71. The van der Waals surface area contributed by atoms with Gasteiger partial charge in [0.05, 0.1) is 23.1 Å². The molecule has 0 aliphatic rings. The Balaban J connectivity index is 3.49. The van der Waals surface area contributed by atoms with Crippen LogP contribution in [0.25, 0.3) is 0 Å². The molecule has 1 aromatic carbocycles. The topological polar surface area (TPSA) is 60.4 Å². The largest absolute Gasteiger partial charge is 0.465 e. The SMILES string of the molecule is C#Cc1c(C(=O)OC)ccc(CCCCC)c1S(C)(=O)=O. The predicted octanol–water partition coefficient (Wildman–Crippen LogP) is 2.59. The summed E-state index contributed by atoms with van der Waals surface area (Å²) in [6.45, 7) is 2.07. The quantitative estimate of drug-likeness (QED) is 0.460. The zero-order valence-corrected chi connectivity index (χ0v) is 13.4. The number of carbonyl (C=O) groups is 1. The van der Waals surface area contributed by atoms with Gasteiger partial charge >= 0.3 is 5.97 Å².